The topological polar surface area (TPSA) is 63.6 Å². The maximum atomic E-state index is 12.3. The lowest BCUT2D eigenvalue weighted by Gasteiger charge is -2.17. The van der Waals surface area contributed by atoms with Crippen molar-refractivity contribution >= 4 is 11.9 Å². The lowest BCUT2D eigenvalue weighted by Crippen LogP contribution is -2.18. The smallest absolute Gasteiger partial charge is 0.306 e. The van der Waals surface area contributed by atoms with Crippen LogP contribution in [0.4, 0.5) is 0 Å². The molecular weight excluding hydrogens is 472 g/mol. The van der Waals surface area contributed by atoms with E-state index in [9.17, 15) is 9.59 Å². The minimum absolute atomic E-state index is 0.0552. The second kappa shape index (κ2) is 29.5. The van der Waals surface area contributed by atoms with Crippen molar-refractivity contribution < 1.29 is 19.4 Å². The zero-order valence-corrected chi connectivity index (χ0v) is 24.7. The van der Waals surface area contributed by atoms with Gasteiger partial charge in [-0.1, -0.05) is 114 Å². The van der Waals surface area contributed by atoms with E-state index >= 15 is 0 Å². The quantitative estimate of drug-likeness (QED) is 0.0651. The van der Waals surface area contributed by atoms with Gasteiger partial charge in [-0.15, -0.1) is 0 Å². The summed E-state index contributed by atoms with van der Waals surface area (Å²) in [5.74, 6) is -0.755. The number of carboxylic acid groups (broad SMARTS) is 1. The van der Waals surface area contributed by atoms with Crippen LogP contribution < -0.4 is 0 Å². The monoisotopic (exact) mass is 530 g/mol. The van der Waals surface area contributed by atoms with E-state index in [0.717, 1.165) is 89.9 Å². The highest BCUT2D eigenvalue weighted by Crippen LogP contribution is 2.16. The number of allylic oxidation sites excluding steroid dienone is 8. The standard InChI is InChI=1S/C34H58O4/c1-3-5-6-7-8-9-10-11-12-13-14-15-16-17-21-24-27-31-34(37)38-32(28-4-2)29-25-22-19-18-20-23-26-30-33(35)36/h8-9,11-12,14-15,17,21,32H,3-7,10,13,16,18-20,22-31H2,1-2H3,(H,35,36)/b9-8-,12-11-,15-14-,21-17-. The van der Waals surface area contributed by atoms with Crippen LogP contribution in [0.1, 0.15) is 149 Å². The van der Waals surface area contributed by atoms with E-state index in [1.807, 2.05) is 0 Å². The van der Waals surface area contributed by atoms with Crippen molar-refractivity contribution in [3.63, 3.8) is 0 Å². The van der Waals surface area contributed by atoms with Gasteiger partial charge in [0.2, 0.25) is 0 Å². The normalized spacial score (nSPS) is 12.9. The molecule has 0 bridgehead atoms. The van der Waals surface area contributed by atoms with E-state index in [-0.39, 0.29) is 18.5 Å². The molecule has 1 N–H and O–H groups in total. The molecule has 38 heavy (non-hydrogen) atoms. The Morgan fingerprint density at radius 1 is 0.579 bits per heavy atom. The third kappa shape index (κ3) is 28.5. The second-order valence-corrected chi connectivity index (χ2v) is 10.3. The van der Waals surface area contributed by atoms with Crippen molar-refractivity contribution in [2.45, 2.75) is 155 Å². The fourth-order valence-corrected chi connectivity index (χ4v) is 4.29. The van der Waals surface area contributed by atoms with Crippen molar-refractivity contribution in [2.75, 3.05) is 0 Å². The van der Waals surface area contributed by atoms with Crippen LogP contribution >= 0.6 is 0 Å². The highest BCUT2D eigenvalue weighted by atomic mass is 16.5. The van der Waals surface area contributed by atoms with Crippen LogP contribution in [0.3, 0.4) is 0 Å². The molecular formula is C34H58O4. The van der Waals surface area contributed by atoms with Gasteiger partial charge in [-0.25, -0.2) is 0 Å². The molecule has 0 saturated heterocycles. The predicted molar refractivity (Wildman–Crippen MR) is 162 cm³/mol. The Morgan fingerprint density at radius 3 is 1.66 bits per heavy atom. The van der Waals surface area contributed by atoms with Crippen LogP contribution in [0.5, 0.6) is 0 Å². The van der Waals surface area contributed by atoms with Gasteiger partial charge < -0.3 is 9.84 Å². The Bertz CT molecular complexity index is 659. The molecule has 0 aliphatic heterocycles. The van der Waals surface area contributed by atoms with Crippen molar-refractivity contribution in [2.24, 2.45) is 0 Å². The van der Waals surface area contributed by atoms with Crippen molar-refractivity contribution in [1.82, 2.24) is 0 Å². The predicted octanol–water partition coefficient (Wildman–Crippen LogP) is 10.4. The summed E-state index contributed by atoms with van der Waals surface area (Å²) in [6.45, 7) is 4.38. The molecule has 0 radical (unpaired) electrons. The Morgan fingerprint density at radius 2 is 1.11 bits per heavy atom. The minimum Gasteiger partial charge on any atom is -0.481 e. The molecule has 218 valence electrons. The van der Waals surface area contributed by atoms with Gasteiger partial charge in [0.1, 0.15) is 6.10 Å². The highest BCUT2D eigenvalue weighted by molar-refractivity contribution is 5.69. The molecule has 0 aromatic rings. The summed E-state index contributed by atoms with van der Waals surface area (Å²) >= 11 is 0. The number of esters is 1. The van der Waals surface area contributed by atoms with E-state index in [2.05, 4.69) is 62.5 Å². The first-order valence-corrected chi connectivity index (χ1v) is 15.6. The van der Waals surface area contributed by atoms with Gasteiger partial charge in [0.05, 0.1) is 0 Å². The molecule has 0 heterocycles. The Balaban J connectivity index is 3.75. The molecule has 0 amide bonds. The van der Waals surface area contributed by atoms with Gasteiger partial charge in [0.25, 0.3) is 0 Å². The summed E-state index contributed by atoms with van der Waals surface area (Å²) in [4.78, 5) is 22.8. The van der Waals surface area contributed by atoms with Gasteiger partial charge in [0, 0.05) is 12.8 Å². The molecule has 0 fully saturated rings. The maximum absolute atomic E-state index is 12.3. The summed E-state index contributed by atoms with van der Waals surface area (Å²) in [6.07, 6.45) is 38.8. The van der Waals surface area contributed by atoms with Crippen molar-refractivity contribution in [1.29, 1.82) is 0 Å². The first-order chi connectivity index (χ1) is 18.6. The Labute approximate surface area is 234 Å². The van der Waals surface area contributed by atoms with Gasteiger partial charge in [0.15, 0.2) is 0 Å². The number of carbonyl (C=O) groups is 2. The van der Waals surface area contributed by atoms with Crippen LogP contribution in [0.15, 0.2) is 48.6 Å². The molecule has 0 saturated carbocycles. The van der Waals surface area contributed by atoms with Crippen LogP contribution in [-0.2, 0) is 14.3 Å². The molecule has 1 unspecified atom stereocenters. The third-order valence-electron chi connectivity index (χ3n) is 6.53. The van der Waals surface area contributed by atoms with E-state index in [4.69, 9.17) is 9.84 Å². The molecule has 1 atom stereocenters. The number of carboxylic acids is 1. The number of rotatable bonds is 27. The van der Waals surface area contributed by atoms with Crippen LogP contribution in [-0.4, -0.2) is 23.1 Å². The van der Waals surface area contributed by atoms with E-state index in [0.29, 0.717) is 6.42 Å². The zero-order valence-electron chi connectivity index (χ0n) is 24.7. The zero-order chi connectivity index (χ0) is 27.9. The van der Waals surface area contributed by atoms with E-state index < -0.39 is 5.97 Å². The number of hydrogen-bond donors (Lipinski definition) is 1. The van der Waals surface area contributed by atoms with Crippen LogP contribution in [0, 0.1) is 0 Å². The molecule has 0 aliphatic carbocycles. The molecule has 0 spiro atoms. The summed E-state index contributed by atoms with van der Waals surface area (Å²) < 4.78 is 5.76. The van der Waals surface area contributed by atoms with Gasteiger partial charge in [-0.05, 0) is 70.6 Å². The number of hydrogen-bond acceptors (Lipinski definition) is 3. The molecule has 0 aliphatic rings. The van der Waals surface area contributed by atoms with Crippen molar-refractivity contribution in [3.8, 4) is 0 Å². The van der Waals surface area contributed by atoms with Gasteiger partial charge in [-0.3, -0.25) is 9.59 Å². The Kier molecular flexibility index (Phi) is 27.8. The summed E-state index contributed by atoms with van der Waals surface area (Å²) in [5.41, 5.74) is 0. The largest absolute Gasteiger partial charge is 0.481 e. The fraction of sp³-hybridized carbons (Fsp3) is 0.706. The van der Waals surface area contributed by atoms with Crippen LogP contribution in [0.25, 0.3) is 0 Å². The highest BCUT2D eigenvalue weighted by Gasteiger charge is 2.13. The number of unbranched alkanes of at least 4 members (excludes halogenated alkanes) is 10. The first kappa shape index (κ1) is 35.9. The van der Waals surface area contributed by atoms with Crippen LogP contribution in [0.2, 0.25) is 0 Å². The lowest BCUT2D eigenvalue weighted by molar-refractivity contribution is -0.150. The number of aliphatic carboxylic acids is 1. The van der Waals surface area contributed by atoms with Crippen molar-refractivity contribution in [3.05, 3.63) is 48.6 Å². The van der Waals surface area contributed by atoms with E-state index in [1.54, 1.807) is 0 Å². The minimum atomic E-state index is -0.697. The molecule has 0 rings (SSSR count). The van der Waals surface area contributed by atoms with Gasteiger partial charge in [-0.2, -0.15) is 0 Å². The molecule has 0 aromatic heterocycles. The van der Waals surface area contributed by atoms with E-state index in [1.165, 1.54) is 32.1 Å². The fourth-order valence-electron chi connectivity index (χ4n) is 4.29. The first-order valence-electron chi connectivity index (χ1n) is 15.6. The lowest BCUT2D eigenvalue weighted by atomic mass is 10.0. The summed E-state index contributed by atoms with van der Waals surface area (Å²) in [6, 6.07) is 0. The van der Waals surface area contributed by atoms with Gasteiger partial charge >= 0.3 is 11.9 Å². The molecule has 4 nitrogen and oxygen atoms in total. The number of ether oxygens (including phenoxy) is 1. The average molecular weight is 531 g/mol. The summed E-state index contributed by atoms with van der Waals surface area (Å²) in [7, 11) is 0. The molecule has 0 aromatic carbocycles. The SMILES string of the molecule is CCCCC/C=C\C/C=C\C/C=C\C/C=C\CCCC(=O)OC(CCC)CCCCCCCCCC(=O)O. The third-order valence-corrected chi connectivity index (χ3v) is 6.53. The summed E-state index contributed by atoms with van der Waals surface area (Å²) in [5, 5.41) is 8.66. The second-order valence-electron chi connectivity index (χ2n) is 10.3. The number of carbonyl (C=O) groups excluding carboxylic acids is 1. The maximum Gasteiger partial charge on any atom is 0.306 e. The Hall–Kier alpha value is -2.10. The average Bonchev–Trinajstić information content (AvgIpc) is 2.89. The molecule has 4 heteroatoms.